The number of piperidine rings is 1. The molecule has 8 heteroatoms. The maximum atomic E-state index is 12.6. The van der Waals surface area contributed by atoms with Crippen LogP contribution in [0.5, 0.6) is 0 Å². The lowest BCUT2D eigenvalue weighted by Crippen LogP contribution is -2.35. The van der Waals surface area contributed by atoms with Gasteiger partial charge in [-0.2, -0.15) is 0 Å². The van der Waals surface area contributed by atoms with E-state index in [9.17, 15) is 9.59 Å². The Morgan fingerprint density at radius 2 is 2.00 bits per heavy atom. The molecule has 138 valence electrons. The second kappa shape index (κ2) is 8.23. The number of nitrogens with zero attached hydrogens (tertiary/aromatic N) is 2. The summed E-state index contributed by atoms with van der Waals surface area (Å²) >= 11 is 6.19. The lowest BCUT2D eigenvalue weighted by Gasteiger charge is -2.27. The number of aromatic nitrogens is 1. The lowest BCUT2D eigenvalue weighted by atomic mass is 10.1. The Morgan fingerprint density at radius 1 is 1.23 bits per heavy atom. The smallest absolute Gasteiger partial charge is 0.253 e. The summed E-state index contributed by atoms with van der Waals surface area (Å²) in [4.78, 5) is 26.5. The van der Waals surface area contributed by atoms with Gasteiger partial charge in [0.2, 0.25) is 5.91 Å². The number of hydrogen-bond donors (Lipinski definition) is 2. The summed E-state index contributed by atoms with van der Waals surface area (Å²) in [5, 5.41) is 9.74. The summed E-state index contributed by atoms with van der Waals surface area (Å²) in [7, 11) is 0. The maximum absolute atomic E-state index is 12.6. The molecule has 7 nitrogen and oxygen atoms in total. The van der Waals surface area contributed by atoms with E-state index in [-0.39, 0.29) is 18.4 Å². The van der Waals surface area contributed by atoms with Gasteiger partial charge in [0.25, 0.3) is 5.91 Å². The molecule has 26 heavy (non-hydrogen) atoms. The highest BCUT2D eigenvalue weighted by Crippen LogP contribution is 2.24. The molecule has 0 saturated carbocycles. The molecule has 0 bridgehead atoms. The summed E-state index contributed by atoms with van der Waals surface area (Å²) in [6.45, 7) is 3.30. The van der Waals surface area contributed by atoms with Gasteiger partial charge in [-0.1, -0.05) is 16.8 Å². The van der Waals surface area contributed by atoms with Crippen LogP contribution in [0.3, 0.4) is 0 Å². The standard InChI is InChI=1S/C18H21ClN4O3/c1-12-9-16(22-26-12)21-17(24)11-20-15-10-13(5-6-14(15)19)18(25)23-7-3-2-4-8-23/h5-6,9-10,20H,2-4,7-8,11H2,1H3,(H,21,22,24). The minimum atomic E-state index is -0.290. The highest BCUT2D eigenvalue weighted by atomic mass is 35.5. The van der Waals surface area contributed by atoms with Crippen molar-refractivity contribution in [1.82, 2.24) is 10.1 Å². The zero-order chi connectivity index (χ0) is 18.5. The van der Waals surface area contributed by atoms with Gasteiger partial charge in [0.05, 0.1) is 17.3 Å². The topological polar surface area (TPSA) is 87.5 Å². The molecule has 1 fully saturated rings. The average Bonchev–Trinajstić information content (AvgIpc) is 3.06. The van der Waals surface area contributed by atoms with Gasteiger partial charge in [-0.25, -0.2) is 0 Å². The summed E-state index contributed by atoms with van der Waals surface area (Å²) in [6, 6.07) is 6.69. The number of aryl methyl sites for hydroxylation is 1. The molecule has 1 saturated heterocycles. The van der Waals surface area contributed by atoms with Crippen molar-refractivity contribution in [2.45, 2.75) is 26.2 Å². The normalized spacial score (nSPS) is 14.2. The Hall–Kier alpha value is -2.54. The van der Waals surface area contributed by atoms with Crippen LogP contribution in [0.15, 0.2) is 28.8 Å². The van der Waals surface area contributed by atoms with E-state index in [1.165, 1.54) is 0 Å². The fraction of sp³-hybridized carbons (Fsp3) is 0.389. The molecule has 3 rings (SSSR count). The number of anilines is 2. The Morgan fingerprint density at radius 3 is 2.69 bits per heavy atom. The zero-order valence-electron chi connectivity index (χ0n) is 14.5. The van der Waals surface area contributed by atoms with Crippen LogP contribution in [-0.2, 0) is 4.79 Å². The first-order chi connectivity index (χ1) is 12.5. The fourth-order valence-corrected chi connectivity index (χ4v) is 3.05. The van der Waals surface area contributed by atoms with E-state index in [4.69, 9.17) is 16.1 Å². The summed E-state index contributed by atoms with van der Waals surface area (Å²) in [5.74, 6) is 0.670. The molecule has 2 heterocycles. The molecule has 0 unspecified atom stereocenters. The Kier molecular flexibility index (Phi) is 5.78. The number of carbonyl (C=O) groups is 2. The molecule has 2 amide bonds. The molecular weight excluding hydrogens is 356 g/mol. The predicted molar refractivity (Wildman–Crippen MR) is 99.6 cm³/mol. The van der Waals surface area contributed by atoms with Crippen molar-refractivity contribution in [3.05, 3.63) is 40.6 Å². The third-order valence-corrected chi connectivity index (χ3v) is 4.52. The van der Waals surface area contributed by atoms with E-state index < -0.39 is 0 Å². The molecule has 1 aromatic heterocycles. The molecule has 2 aromatic rings. The Labute approximate surface area is 156 Å². The molecule has 0 aliphatic carbocycles. The minimum Gasteiger partial charge on any atom is -0.375 e. The van der Waals surface area contributed by atoms with Crippen LogP contribution in [0.1, 0.15) is 35.4 Å². The van der Waals surface area contributed by atoms with Crippen molar-refractivity contribution in [3.8, 4) is 0 Å². The number of halogens is 1. The molecule has 0 spiro atoms. The molecule has 0 radical (unpaired) electrons. The van der Waals surface area contributed by atoms with Crippen LogP contribution in [0.2, 0.25) is 5.02 Å². The minimum absolute atomic E-state index is 0.00696. The van der Waals surface area contributed by atoms with Crippen LogP contribution in [0.25, 0.3) is 0 Å². The second-order valence-electron chi connectivity index (χ2n) is 6.27. The first kappa shape index (κ1) is 18.3. The average molecular weight is 377 g/mol. The van der Waals surface area contributed by atoms with Crippen molar-refractivity contribution in [2.75, 3.05) is 30.3 Å². The van der Waals surface area contributed by atoms with Crippen molar-refractivity contribution < 1.29 is 14.1 Å². The van der Waals surface area contributed by atoms with Gasteiger partial charge in [0.1, 0.15) is 5.76 Å². The highest BCUT2D eigenvalue weighted by molar-refractivity contribution is 6.33. The highest BCUT2D eigenvalue weighted by Gasteiger charge is 2.19. The molecular formula is C18H21ClN4O3. The molecule has 1 aromatic carbocycles. The van der Waals surface area contributed by atoms with Gasteiger partial charge in [-0.15, -0.1) is 0 Å². The second-order valence-corrected chi connectivity index (χ2v) is 6.68. The Balaban J connectivity index is 1.62. The van der Waals surface area contributed by atoms with Crippen LogP contribution < -0.4 is 10.6 Å². The third-order valence-electron chi connectivity index (χ3n) is 4.19. The van der Waals surface area contributed by atoms with E-state index in [2.05, 4.69) is 15.8 Å². The monoisotopic (exact) mass is 376 g/mol. The van der Waals surface area contributed by atoms with Gasteiger partial charge >= 0.3 is 0 Å². The molecule has 0 atom stereocenters. The van der Waals surface area contributed by atoms with E-state index >= 15 is 0 Å². The van der Waals surface area contributed by atoms with Crippen LogP contribution >= 0.6 is 11.6 Å². The lowest BCUT2D eigenvalue weighted by molar-refractivity contribution is -0.114. The number of likely N-dealkylation sites (tertiary alicyclic amines) is 1. The van der Waals surface area contributed by atoms with Crippen molar-refractivity contribution in [1.29, 1.82) is 0 Å². The zero-order valence-corrected chi connectivity index (χ0v) is 15.3. The number of hydrogen-bond acceptors (Lipinski definition) is 5. The van der Waals surface area contributed by atoms with Crippen molar-refractivity contribution in [3.63, 3.8) is 0 Å². The number of nitrogens with one attached hydrogen (secondary N) is 2. The maximum Gasteiger partial charge on any atom is 0.253 e. The van der Waals surface area contributed by atoms with Crippen LogP contribution in [-0.4, -0.2) is 41.5 Å². The van der Waals surface area contributed by atoms with Gasteiger partial charge in [-0.05, 0) is 44.4 Å². The predicted octanol–water partition coefficient (Wildman–Crippen LogP) is 3.31. The first-order valence-corrected chi connectivity index (χ1v) is 8.96. The summed E-state index contributed by atoms with van der Waals surface area (Å²) < 4.78 is 4.90. The quantitative estimate of drug-likeness (QED) is 0.835. The largest absolute Gasteiger partial charge is 0.375 e. The first-order valence-electron chi connectivity index (χ1n) is 8.59. The van der Waals surface area contributed by atoms with Gasteiger partial charge in [0, 0.05) is 24.7 Å². The SMILES string of the molecule is Cc1cc(NC(=O)CNc2cc(C(=O)N3CCCCC3)ccc2Cl)no1. The number of amides is 2. The van der Waals surface area contributed by atoms with Gasteiger partial charge in [0.15, 0.2) is 5.82 Å². The molecule has 2 N–H and O–H groups in total. The van der Waals surface area contributed by atoms with Crippen molar-refractivity contribution >= 4 is 34.9 Å². The number of carbonyl (C=O) groups excluding carboxylic acids is 2. The third kappa shape index (κ3) is 4.54. The summed E-state index contributed by atoms with van der Waals surface area (Å²) in [5.41, 5.74) is 1.10. The van der Waals surface area contributed by atoms with E-state index in [0.717, 1.165) is 32.4 Å². The fourth-order valence-electron chi connectivity index (χ4n) is 2.86. The van der Waals surface area contributed by atoms with E-state index in [1.54, 1.807) is 31.2 Å². The van der Waals surface area contributed by atoms with Gasteiger partial charge < -0.3 is 20.1 Å². The van der Waals surface area contributed by atoms with Crippen LogP contribution in [0.4, 0.5) is 11.5 Å². The van der Waals surface area contributed by atoms with Crippen molar-refractivity contribution in [2.24, 2.45) is 0 Å². The summed E-state index contributed by atoms with van der Waals surface area (Å²) in [6.07, 6.45) is 3.23. The molecule has 1 aliphatic rings. The number of rotatable bonds is 5. The number of benzene rings is 1. The van der Waals surface area contributed by atoms with Crippen LogP contribution in [0, 0.1) is 6.92 Å². The van der Waals surface area contributed by atoms with Gasteiger partial charge in [-0.3, -0.25) is 9.59 Å². The molecule has 1 aliphatic heterocycles. The van der Waals surface area contributed by atoms with E-state index in [1.807, 2.05) is 4.90 Å². The van der Waals surface area contributed by atoms with E-state index in [0.29, 0.717) is 27.9 Å². The Bertz CT molecular complexity index is 799.